The standard InChI is InChI=1S/C23H25Cl3N4O2/c1-15-21(23(31)30(26)28-12-4-3-5-13-28)27-29(20-11-8-17(24)14-19(20)25)22(15)16-6-9-18(32-2)10-7-16/h6-11,14-15,22H,3-5,12-13H2,1-2H3/t15-,22+/m1/s1. The number of methoxy groups -OCH3 is 1. The van der Waals surface area contributed by atoms with Crippen LogP contribution in [0, 0.1) is 5.92 Å². The third kappa shape index (κ3) is 4.55. The Morgan fingerprint density at radius 3 is 2.41 bits per heavy atom. The van der Waals surface area contributed by atoms with E-state index in [9.17, 15) is 4.79 Å². The van der Waals surface area contributed by atoms with E-state index in [1.807, 2.05) is 42.3 Å². The van der Waals surface area contributed by atoms with Gasteiger partial charge in [0.1, 0.15) is 11.5 Å². The van der Waals surface area contributed by atoms with Gasteiger partial charge in [-0.25, -0.2) is 5.01 Å². The summed E-state index contributed by atoms with van der Waals surface area (Å²) in [6.07, 6.45) is 3.17. The molecule has 0 spiro atoms. The minimum Gasteiger partial charge on any atom is -0.497 e. The highest BCUT2D eigenvalue weighted by Gasteiger charge is 2.42. The van der Waals surface area contributed by atoms with Crippen molar-refractivity contribution in [2.75, 3.05) is 25.2 Å². The second kappa shape index (κ2) is 9.87. The number of rotatable bonds is 5. The van der Waals surface area contributed by atoms with Gasteiger partial charge in [-0.3, -0.25) is 9.80 Å². The molecule has 0 saturated carbocycles. The van der Waals surface area contributed by atoms with Crippen LogP contribution in [0.1, 0.15) is 37.8 Å². The molecule has 0 aliphatic carbocycles. The molecule has 0 unspecified atom stereocenters. The van der Waals surface area contributed by atoms with E-state index in [0.29, 0.717) is 21.4 Å². The summed E-state index contributed by atoms with van der Waals surface area (Å²) in [5.74, 6) is 0.213. The molecule has 6 nitrogen and oxygen atoms in total. The highest BCUT2D eigenvalue weighted by atomic mass is 35.5. The van der Waals surface area contributed by atoms with E-state index in [2.05, 4.69) is 0 Å². The molecule has 170 valence electrons. The van der Waals surface area contributed by atoms with Gasteiger partial charge in [0.2, 0.25) is 0 Å². The summed E-state index contributed by atoms with van der Waals surface area (Å²) in [6, 6.07) is 12.7. The van der Waals surface area contributed by atoms with Gasteiger partial charge in [-0.1, -0.05) is 48.7 Å². The molecule has 0 N–H and O–H groups in total. The first-order valence-corrected chi connectivity index (χ1v) is 11.7. The van der Waals surface area contributed by atoms with E-state index in [-0.39, 0.29) is 17.9 Å². The first-order chi connectivity index (χ1) is 15.4. The summed E-state index contributed by atoms with van der Waals surface area (Å²) in [6.45, 7) is 3.49. The minimum atomic E-state index is -0.313. The van der Waals surface area contributed by atoms with E-state index in [4.69, 9.17) is 44.8 Å². The van der Waals surface area contributed by atoms with Crippen LogP contribution in [-0.4, -0.2) is 41.4 Å². The Morgan fingerprint density at radius 1 is 1.09 bits per heavy atom. The van der Waals surface area contributed by atoms with Gasteiger partial charge >= 0.3 is 0 Å². The van der Waals surface area contributed by atoms with Gasteiger partial charge in [-0.2, -0.15) is 9.63 Å². The number of carbonyl (C=O) groups excluding carboxylic acids is 1. The second-order valence-electron chi connectivity index (χ2n) is 8.01. The fourth-order valence-electron chi connectivity index (χ4n) is 4.25. The van der Waals surface area contributed by atoms with Crippen molar-refractivity contribution in [1.29, 1.82) is 0 Å². The van der Waals surface area contributed by atoms with Gasteiger partial charge in [0.15, 0.2) is 0 Å². The Labute approximate surface area is 203 Å². The first kappa shape index (κ1) is 23.2. The lowest BCUT2D eigenvalue weighted by atomic mass is 9.91. The van der Waals surface area contributed by atoms with Crippen molar-refractivity contribution < 1.29 is 9.53 Å². The number of ether oxygens (including phenoxy) is 1. The molecule has 0 aromatic heterocycles. The van der Waals surface area contributed by atoms with Crippen LogP contribution in [-0.2, 0) is 4.79 Å². The first-order valence-electron chi connectivity index (χ1n) is 10.6. The van der Waals surface area contributed by atoms with Gasteiger partial charge in [-0.05, 0) is 48.7 Å². The number of hydrazone groups is 1. The zero-order chi connectivity index (χ0) is 22.8. The number of amides is 1. The van der Waals surface area contributed by atoms with Crippen LogP contribution in [0.25, 0.3) is 0 Å². The summed E-state index contributed by atoms with van der Waals surface area (Å²) >= 11 is 19.1. The molecule has 1 fully saturated rings. The van der Waals surface area contributed by atoms with Gasteiger partial charge in [-0.15, -0.1) is 0 Å². The fraction of sp³-hybridized carbons (Fsp3) is 0.391. The molecule has 32 heavy (non-hydrogen) atoms. The molecule has 2 aliphatic heterocycles. The molecular formula is C23H25Cl3N4O2. The third-order valence-electron chi connectivity index (χ3n) is 5.97. The number of benzene rings is 2. The molecular weight excluding hydrogens is 471 g/mol. The highest BCUT2D eigenvalue weighted by molar-refractivity contribution is 6.46. The Morgan fingerprint density at radius 2 is 1.78 bits per heavy atom. The van der Waals surface area contributed by atoms with Crippen LogP contribution in [0.15, 0.2) is 47.6 Å². The predicted molar refractivity (Wildman–Crippen MR) is 129 cm³/mol. The smallest absolute Gasteiger partial charge is 0.299 e. The Bertz CT molecular complexity index is 1010. The van der Waals surface area contributed by atoms with E-state index >= 15 is 0 Å². The lowest BCUT2D eigenvalue weighted by Crippen LogP contribution is -2.46. The van der Waals surface area contributed by atoms with Crippen molar-refractivity contribution >= 4 is 52.3 Å². The molecule has 1 amide bonds. The lowest BCUT2D eigenvalue weighted by molar-refractivity contribution is -0.131. The maximum atomic E-state index is 13.4. The quantitative estimate of drug-likeness (QED) is 0.482. The SMILES string of the molecule is COc1ccc([C@@H]2[C@H](C)C(C(=O)N(Cl)N3CCCCC3)=NN2c2ccc(Cl)cc2Cl)cc1. The molecule has 2 aromatic rings. The number of hydrogen-bond donors (Lipinski definition) is 0. The molecule has 2 aromatic carbocycles. The van der Waals surface area contributed by atoms with E-state index in [1.54, 1.807) is 24.3 Å². The summed E-state index contributed by atoms with van der Waals surface area (Å²) < 4.78 is 6.50. The van der Waals surface area contributed by atoms with Crippen molar-refractivity contribution in [3.8, 4) is 5.75 Å². The molecule has 9 heteroatoms. The highest BCUT2D eigenvalue weighted by Crippen LogP contribution is 2.43. The van der Waals surface area contributed by atoms with Crippen LogP contribution in [0.5, 0.6) is 5.75 Å². The van der Waals surface area contributed by atoms with Gasteiger partial charge in [0.05, 0.1) is 23.9 Å². The normalized spacial score (nSPS) is 21.4. The topological polar surface area (TPSA) is 48.4 Å². The maximum absolute atomic E-state index is 13.4. The van der Waals surface area contributed by atoms with Crippen molar-refractivity contribution in [3.05, 3.63) is 58.1 Å². The van der Waals surface area contributed by atoms with Gasteiger partial charge < -0.3 is 4.74 Å². The second-order valence-corrected chi connectivity index (χ2v) is 9.18. The van der Waals surface area contributed by atoms with E-state index in [0.717, 1.165) is 43.7 Å². The maximum Gasteiger partial charge on any atom is 0.299 e. The third-order valence-corrected chi connectivity index (χ3v) is 6.87. The number of carbonyl (C=O) groups is 1. The van der Waals surface area contributed by atoms with Gasteiger partial charge in [0.25, 0.3) is 5.91 Å². The van der Waals surface area contributed by atoms with Crippen molar-refractivity contribution in [3.63, 3.8) is 0 Å². The number of hydrogen-bond acceptors (Lipinski definition) is 5. The fourth-order valence-corrected chi connectivity index (χ4v) is 4.98. The van der Waals surface area contributed by atoms with Crippen LogP contribution in [0.4, 0.5) is 5.69 Å². The van der Waals surface area contributed by atoms with Crippen molar-refractivity contribution in [1.82, 2.24) is 9.54 Å². The Hall–Kier alpha value is -1.99. The van der Waals surface area contributed by atoms with Crippen LogP contribution >= 0.6 is 35.0 Å². The van der Waals surface area contributed by atoms with Crippen molar-refractivity contribution in [2.45, 2.75) is 32.2 Å². The molecule has 2 atom stereocenters. The van der Waals surface area contributed by atoms with Crippen LogP contribution in [0.3, 0.4) is 0 Å². The average Bonchev–Trinajstić information content (AvgIpc) is 3.15. The van der Waals surface area contributed by atoms with Gasteiger partial charge in [0, 0.05) is 35.8 Å². The summed E-state index contributed by atoms with van der Waals surface area (Å²) in [4.78, 5) is 13.4. The Kier molecular flexibility index (Phi) is 7.15. The average molecular weight is 496 g/mol. The molecule has 2 aliphatic rings. The molecule has 4 rings (SSSR count). The monoisotopic (exact) mass is 494 g/mol. The molecule has 1 saturated heterocycles. The number of hydrazine groups is 1. The number of anilines is 1. The molecule has 2 heterocycles. The summed E-state index contributed by atoms with van der Waals surface area (Å²) in [5.41, 5.74) is 2.04. The number of halogens is 3. The van der Waals surface area contributed by atoms with Crippen molar-refractivity contribution in [2.24, 2.45) is 11.0 Å². The predicted octanol–water partition coefficient (Wildman–Crippen LogP) is 5.94. The largest absolute Gasteiger partial charge is 0.497 e. The Balaban J connectivity index is 1.71. The number of piperidine rings is 1. The molecule has 0 bridgehead atoms. The van der Waals surface area contributed by atoms with E-state index < -0.39 is 0 Å². The zero-order valence-electron chi connectivity index (χ0n) is 18.0. The van der Waals surface area contributed by atoms with E-state index in [1.165, 1.54) is 4.53 Å². The summed E-state index contributed by atoms with van der Waals surface area (Å²) in [7, 11) is 1.63. The van der Waals surface area contributed by atoms with Crippen LogP contribution < -0.4 is 9.75 Å². The minimum absolute atomic E-state index is 0.228. The summed E-state index contributed by atoms with van der Waals surface area (Å²) in [5, 5.41) is 9.39. The number of nitrogens with zero attached hydrogens (tertiary/aromatic N) is 4. The molecule has 0 radical (unpaired) electrons. The lowest BCUT2D eigenvalue weighted by Gasteiger charge is -2.32. The zero-order valence-corrected chi connectivity index (χ0v) is 20.2. The van der Waals surface area contributed by atoms with Crippen LogP contribution in [0.2, 0.25) is 10.0 Å².